The van der Waals surface area contributed by atoms with E-state index < -0.39 is 5.82 Å². The van der Waals surface area contributed by atoms with Crippen LogP contribution in [-0.2, 0) is 13.1 Å². The van der Waals surface area contributed by atoms with Crippen LogP contribution in [0.5, 0.6) is 5.75 Å². The molecule has 0 unspecified atom stereocenters. The van der Waals surface area contributed by atoms with Gasteiger partial charge >= 0.3 is 0 Å². The van der Waals surface area contributed by atoms with Crippen LogP contribution in [0, 0.1) is 12.7 Å². The van der Waals surface area contributed by atoms with Crippen LogP contribution in [0.15, 0.2) is 29.6 Å². The fraction of sp³-hybridized carbons (Fsp3) is 0.231. The number of aryl methyl sites for hydroxylation is 1. The molecule has 0 spiro atoms. The maximum atomic E-state index is 13.1. The Morgan fingerprint density at radius 2 is 2.12 bits per heavy atom. The number of nitrogens with one attached hydrogen (secondary N) is 1. The number of thiophene rings is 1. The molecular weight excluding hydrogens is 237 g/mol. The summed E-state index contributed by atoms with van der Waals surface area (Å²) in [6.45, 7) is 3.26. The molecule has 17 heavy (non-hydrogen) atoms. The largest absolute Gasteiger partial charge is 0.505 e. The number of phenols is 1. The lowest BCUT2D eigenvalue weighted by atomic mass is 10.2. The Kier molecular flexibility index (Phi) is 3.76. The number of para-hydroxylation sites is 1. The third kappa shape index (κ3) is 2.84. The molecule has 0 aliphatic carbocycles. The van der Waals surface area contributed by atoms with Crippen LogP contribution in [0.2, 0.25) is 0 Å². The Morgan fingerprint density at radius 3 is 2.82 bits per heavy atom. The van der Waals surface area contributed by atoms with Gasteiger partial charge in [0.2, 0.25) is 0 Å². The second-order valence-corrected chi connectivity index (χ2v) is 4.88. The third-order valence-electron chi connectivity index (χ3n) is 2.64. The van der Waals surface area contributed by atoms with Gasteiger partial charge in [0.1, 0.15) is 0 Å². The van der Waals surface area contributed by atoms with Gasteiger partial charge in [-0.25, -0.2) is 4.39 Å². The Morgan fingerprint density at radius 1 is 1.29 bits per heavy atom. The molecule has 0 atom stereocenters. The fourth-order valence-corrected chi connectivity index (χ4v) is 2.47. The molecule has 2 nitrogen and oxygen atoms in total. The highest BCUT2D eigenvalue weighted by Gasteiger charge is 2.06. The summed E-state index contributed by atoms with van der Waals surface area (Å²) in [5.74, 6) is -0.834. The summed E-state index contributed by atoms with van der Waals surface area (Å²) >= 11 is 1.69. The van der Waals surface area contributed by atoms with E-state index in [1.165, 1.54) is 16.5 Å². The minimum atomic E-state index is -0.573. The number of halogens is 1. The van der Waals surface area contributed by atoms with Crippen molar-refractivity contribution in [3.63, 3.8) is 0 Å². The second-order valence-electron chi connectivity index (χ2n) is 3.88. The number of hydrogen-bond acceptors (Lipinski definition) is 3. The molecule has 90 valence electrons. The van der Waals surface area contributed by atoms with Crippen LogP contribution in [0.25, 0.3) is 0 Å². The molecular formula is C13H14FNOS. The van der Waals surface area contributed by atoms with Gasteiger partial charge in [0.05, 0.1) is 0 Å². The summed E-state index contributed by atoms with van der Waals surface area (Å²) in [6, 6.07) is 6.64. The quantitative estimate of drug-likeness (QED) is 0.874. The zero-order valence-electron chi connectivity index (χ0n) is 9.53. The van der Waals surface area contributed by atoms with Crippen molar-refractivity contribution in [2.45, 2.75) is 20.0 Å². The van der Waals surface area contributed by atoms with Crippen molar-refractivity contribution in [1.29, 1.82) is 0 Å². The first-order valence-electron chi connectivity index (χ1n) is 5.38. The first-order chi connectivity index (χ1) is 8.18. The van der Waals surface area contributed by atoms with E-state index in [1.54, 1.807) is 23.5 Å². The van der Waals surface area contributed by atoms with E-state index in [-0.39, 0.29) is 5.75 Å². The predicted molar refractivity (Wildman–Crippen MR) is 67.7 cm³/mol. The molecule has 0 saturated carbocycles. The third-order valence-corrected chi connectivity index (χ3v) is 3.66. The number of phenolic OH excluding ortho intramolecular Hbond substituents is 1. The molecule has 0 aliphatic heterocycles. The fourth-order valence-electron chi connectivity index (χ4n) is 1.60. The van der Waals surface area contributed by atoms with Crippen molar-refractivity contribution >= 4 is 11.3 Å². The Labute approximate surface area is 104 Å². The first kappa shape index (κ1) is 12.1. The van der Waals surface area contributed by atoms with Gasteiger partial charge in [-0.05, 0) is 30.0 Å². The van der Waals surface area contributed by atoms with Gasteiger partial charge in [-0.15, -0.1) is 11.3 Å². The molecule has 2 rings (SSSR count). The topological polar surface area (TPSA) is 32.3 Å². The molecule has 1 heterocycles. The minimum absolute atomic E-state index is 0.261. The van der Waals surface area contributed by atoms with E-state index in [0.717, 1.165) is 6.54 Å². The van der Waals surface area contributed by atoms with Gasteiger partial charge in [-0.2, -0.15) is 0 Å². The summed E-state index contributed by atoms with van der Waals surface area (Å²) in [7, 11) is 0. The van der Waals surface area contributed by atoms with Gasteiger partial charge in [0.15, 0.2) is 11.6 Å². The standard InChI is InChI=1S/C13H14FNOS/c1-9-5-6-17-12(9)8-15-7-10-3-2-4-11(14)13(10)16/h2-6,15-16H,7-8H2,1H3. The molecule has 2 aromatic rings. The van der Waals surface area contributed by atoms with Gasteiger partial charge in [-0.3, -0.25) is 0 Å². The normalized spacial score (nSPS) is 10.7. The highest BCUT2D eigenvalue weighted by molar-refractivity contribution is 7.10. The van der Waals surface area contributed by atoms with Crippen molar-refractivity contribution in [1.82, 2.24) is 5.32 Å². The second kappa shape index (κ2) is 5.29. The number of aromatic hydroxyl groups is 1. The van der Waals surface area contributed by atoms with E-state index in [0.29, 0.717) is 12.1 Å². The highest BCUT2D eigenvalue weighted by atomic mass is 32.1. The summed E-state index contributed by atoms with van der Waals surface area (Å²) in [4.78, 5) is 1.26. The van der Waals surface area contributed by atoms with Crippen LogP contribution >= 0.6 is 11.3 Å². The molecule has 2 N–H and O–H groups in total. The smallest absolute Gasteiger partial charge is 0.165 e. The lowest BCUT2D eigenvalue weighted by Gasteiger charge is -2.07. The summed E-state index contributed by atoms with van der Waals surface area (Å²) in [6.07, 6.45) is 0. The molecule has 1 aromatic heterocycles. The van der Waals surface area contributed by atoms with Gasteiger partial charge in [0.25, 0.3) is 0 Å². The lowest BCUT2D eigenvalue weighted by Crippen LogP contribution is -2.12. The SMILES string of the molecule is Cc1ccsc1CNCc1cccc(F)c1O. The van der Waals surface area contributed by atoms with Gasteiger partial charge in [-0.1, -0.05) is 12.1 Å². The molecule has 1 aromatic carbocycles. The highest BCUT2D eigenvalue weighted by Crippen LogP contribution is 2.21. The van der Waals surface area contributed by atoms with Gasteiger partial charge < -0.3 is 10.4 Å². The van der Waals surface area contributed by atoms with E-state index in [4.69, 9.17) is 0 Å². The summed E-state index contributed by atoms with van der Waals surface area (Å²) in [5.41, 5.74) is 1.84. The van der Waals surface area contributed by atoms with Crippen molar-refractivity contribution in [2.24, 2.45) is 0 Å². The average molecular weight is 251 g/mol. The lowest BCUT2D eigenvalue weighted by molar-refractivity contribution is 0.423. The van der Waals surface area contributed by atoms with E-state index >= 15 is 0 Å². The average Bonchev–Trinajstić information content (AvgIpc) is 2.71. The Bertz CT molecular complexity index is 510. The molecule has 0 aliphatic rings. The van der Waals surface area contributed by atoms with Crippen LogP contribution in [0.4, 0.5) is 4.39 Å². The minimum Gasteiger partial charge on any atom is -0.505 e. The van der Waals surface area contributed by atoms with Crippen molar-refractivity contribution in [2.75, 3.05) is 0 Å². The number of hydrogen-bond donors (Lipinski definition) is 2. The summed E-state index contributed by atoms with van der Waals surface area (Å²) in [5, 5.41) is 14.7. The molecule has 0 saturated heterocycles. The van der Waals surface area contributed by atoms with Crippen LogP contribution in [0.1, 0.15) is 16.0 Å². The van der Waals surface area contributed by atoms with E-state index in [2.05, 4.69) is 18.3 Å². The van der Waals surface area contributed by atoms with Crippen molar-refractivity contribution < 1.29 is 9.50 Å². The predicted octanol–water partition coefficient (Wildman–Crippen LogP) is 3.19. The Hall–Kier alpha value is -1.39. The number of rotatable bonds is 4. The first-order valence-corrected chi connectivity index (χ1v) is 6.26. The zero-order chi connectivity index (χ0) is 12.3. The molecule has 4 heteroatoms. The van der Waals surface area contributed by atoms with Crippen LogP contribution in [-0.4, -0.2) is 5.11 Å². The molecule has 0 amide bonds. The van der Waals surface area contributed by atoms with Gasteiger partial charge in [0, 0.05) is 23.5 Å². The molecule has 0 radical (unpaired) electrons. The van der Waals surface area contributed by atoms with Crippen LogP contribution < -0.4 is 5.32 Å². The van der Waals surface area contributed by atoms with E-state index in [9.17, 15) is 9.50 Å². The molecule has 0 fully saturated rings. The van der Waals surface area contributed by atoms with Crippen LogP contribution in [0.3, 0.4) is 0 Å². The van der Waals surface area contributed by atoms with Crippen molar-refractivity contribution in [3.8, 4) is 5.75 Å². The molecule has 0 bridgehead atoms. The zero-order valence-corrected chi connectivity index (χ0v) is 10.4. The Balaban J connectivity index is 1.95. The maximum Gasteiger partial charge on any atom is 0.165 e. The van der Waals surface area contributed by atoms with E-state index in [1.807, 2.05) is 5.38 Å². The van der Waals surface area contributed by atoms with Crippen molar-refractivity contribution in [3.05, 3.63) is 51.5 Å². The maximum absolute atomic E-state index is 13.1. The summed E-state index contributed by atoms with van der Waals surface area (Å²) < 4.78 is 13.1. The number of benzene rings is 1. The monoisotopic (exact) mass is 251 g/mol.